The highest BCUT2D eigenvalue weighted by molar-refractivity contribution is 7.92. The number of nitrogens with one attached hydrogen (secondary N) is 1. The summed E-state index contributed by atoms with van der Waals surface area (Å²) in [6, 6.07) is 17.0. The van der Waals surface area contributed by atoms with Crippen molar-refractivity contribution in [1.29, 1.82) is 0 Å². The Balaban J connectivity index is 1.68. The molecule has 0 unspecified atom stereocenters. The van der Waals surface area contributed by atoms with E-state index in [4.69, 9.17) is 4.74 Å². The zero-order valence-corrected chi connectivity index (χ0v) is 18.8. The van der Waals surface area contributed by atoms with E-state index >= 15 is 0 Å². The largest absolute Gasteiger partial charge is 0.491 e. The van der Waals surface area contributed by atoms with Gasteiger partial charge in [0.2, 0.25) is 15.9 Å². The Bertz CT molecular complexity index is 881. The van der Waals surface area contributed by atoms with Gasteiger partial charge in [0.05, 0.1) is 18.0 Å². The van der Waals surface area contributed by atoms with E-state index in [1.165, 1.54) is 16.1 Å². The predicted molar refractivity (Wildman–Crippen MR) is 121 cm³/mol. The Labute approximate surface area is 180 Å². The third-order valence-electron chi connectivity index (χ3n) is 4.47. The van der Waals surface area contributed by atoms with E-state index in [0.717, 1.165) is 18.6 Å². The molecule has 0 fully saturated rings. The van der Waals surface area contributed by atoms with Gasteiger partial charge in [0.25, 0.3) is 0 Å². The molecule has 0 spiro atoms. The third-order valence-corrected chi connectivity index (χ3v) is 5.66. The number of benzene rings is 2. The Kier molecular flexibility index (Phi) is 9.17. The second-order valence-electron chi connectivity index (χ2n) is 7.54. The van der Waals surface area contributed by atoms with Gasteiger partial charge in [0, 0.05) is 19.5 Å². The fourth-order valence-corrected chi connectivity index (χ4v) is 4.04. The third kappa shape index (κ3) is 8.45. The summed E-state index contributed by atoms with van der Waals surface area (Å²) in [5.74, 6) is 0.804. The van der Waals surface area contributed by atoms with Gasteiger partial charge in [0.1, 0.15) is 5.75 Å². The van der Waals surface area contributed by atoms with Gasteiger partial charge in [-0.05, 0) is 62.9 Å². The highest BCUT2D eigenvalue weighted by atomic mass is 32.2. The molecular weight excluding hydrogens is 400 g/mol. The van der Waals surface area contributed by atoms with Gasteiger partial charge < -0.3 is 10.1 Å². The standard InChI is InChI=1S/C23H32N2O4S/c1-19(2)29-22-15-13-20(14-16-22)9-7-17-24-23(26)12-8-18-25(30(3,27)28)21-10-5-4-6-11-21/h4-6,10-11,13-16,19H,7-9,12,17-18H2,1-3H3,(H,24,26). The van der Waals surface area contributed by atoms with Gasteiger partial charge in [-0.15, -0.1) is 0 Å². The van der Waals surface area contributed by atoms with Crippen molar-refractivity contribution in [3.05, 3.63) is 60.2 Å². The monoisotopic (exact) mass is 432 g/mol. The van der Waals surface area contributed by atoms with Crippen LogP contribution in [0.2, 0.25) is 0 Å². The van der Waals surface area contributed by atoms with Crippen molar-refractivity contribution in [2.45, 2.75) is 45.6 Å². The van der Waals surface area contributed by atoms with Crippen LogP contribution in [0.3, 0.4) is 0 Å². The van der Waals surface area contributed by atoms with Crippen LogP contribution >= 0.6 is 0 Å². The van der Waals surface area contributed by atoms with Crippen LogP contribution in [0, 0.1) is 0 Å². The minimum atomic E-state index is -3.38. The molecule has 0 aromatic heterocycles. The number of amides is 1. The van der Waals surface area contributed by atoms with Crippen molar-refractivity contribution < 1.29 is 17.9 Å². The van der Waals surface area contributed by atoms with Crippen molar-refractivity contribution in [3.8, 4) is 5.75 Å². The van der Waals surface area contributed by atoms with Crippen LogP contribution in [0.15, 0.2) is 54.6 Å². The molecule has 1 amide bonds. The summed E-state index contributed by atoms with van der Waals surface area (Å²) >= 11 is 0. The number of anilines is 1. The highest BCUT2D eigenvalue weighted by Gasteiger charge is 2.17. The number of hydrogen-bond donors (Lipinski definition) is 1. The number of nitrogens with zero attached hydrogens (tertiary/aromatic N) is 1. The molecule has 1 N–H and O–H groups in total. The van der Waals surface area contributed by atoms with E-state index in [1.807, 2.05) is 44.2 Å². The van der Waals surface area contributed by atoms with Gasteiger partial charge in [-0.3, -0.25) is 9.10 Å². The zero-order chi connectivity index (χ0) is 22.0. The molecule has 2 aromatic carbocycles. The first kappa shape index (κ1) is 23.7. The lowest BCUT2D eigenvalue weighted by Crippen LogP contribution is -2.32. The molecule has 0 saturated carbocycles. The Hall–Kier alpha value is -2.54. The first-order chi connectivity index (χ1) is 14.3. The number of sulfonamides is 1. The average molecular weight is 433 g/mol. The number of aryl methyl sites for hydroxylation is 1. The lowest BCUT2D eigenvalue weighted by molar-refractivity contribution is -0.121. The smallest absolute Gasteiger partial charge is 0.232 e. The van der Waals surface area contributed by atoms with Crippen molar-refractivity contribution in [3.63, 3.8) is 0 Å². The first-order valence-electron chi connectivity index (χ1n) is 10.3. The normalized spacial score (nSPS) is 11.3. The Morgan fingerprint density at radius 1 is 1.03 bits per heavy atom. The summed E-state index contributed by atoms with van der Waals surface area (Å²) in [6.07, 6.45) is 3.81. The van der Waals surface area contributed by atoms with Gasteiger partial charge in [-0.1, -0.05) is 30.3 Å². The fourth-order valence-electron chi connectivity index (χ4n) is 3.08. The topological polar surface area (TPSA) is 75.7 Å². The van der Waals surface area contributed by atoms with Crippen molar-refractivity contribution in [2.75, 3.05) is 23.7 Å². The van der Waals surface area contributed by atoms with Crippen LogP contribution in [-0.2, 0) is 21.2 Å². The zero-order valence-electron chi connectivity index (χ0n) is 18.0. The minimum Gasteiger partial charge on any atom is -0.491 e. The predicted octanol–water partition coefficient (Wildman–Crippen LogP) is 3.77. The molecule has 0 aliphatic heterocycles. The summed E-state index contributed by atoms with van der Waals surface area (Å²) < 4.78 is 31.1. The number of ether oxygens (including phenoxy) is 1. The van der Waals surface area contributed by atoms with Gasteiger partial charge in [0.15, 0.2) is 0 Å². The molecule has 164 valence electrons. The lowest BCUT2D eigenvalue weighted by Gasteiger charge is -2.22. The highest BCUT2D eigenvalue weighted by Crippen LogP contribution is 2.17. The molecule has 0 atom stereocenters. The summed E-state index contributed by atoms with van der Waals surface area (Å²) in [6.45, 7) is 4.87. The van der Waals surface area contributed by atoms with Crippen molar-refractivity contribution in [1.82, 2.24) is 5.32 Å². The maximum Gasteiger partial charge on any atom is 0.232 e. The molecule has 0 aliphatic rings. The Morgan fingerprint density at radius 2 is 1.70 bits per heavy atom. The maximum atomic E-state index is 12.1. The van der Waals surface area contributed by atoms with Gasteiger partial charge in [-0.2, -0.15) is 0 Å². The molecule has 0 radical (unpaired) electrons. The van der Waals surface area contributed by atoms with E-state index in [-0.39, 0.29) is 18.6 Å². The fraction of sp³-hybridized carbons (Fsp3) is 0.435. The summed E-state index contributed by atoms with van der Waals surface area (Å²) in [4.78, 5) is 12.1. The summed E-state index contributed by atoms with van der Waals surface area (Å²) in [7, 11) is -3.38. The van der Waals surface area contributed by atoms with Crippen LogP contribution in [-0.4, -0.2) is 39.8 Å². The lowest BCUT2D eigenvalue weighted by atomic mass is 10.1. The molecule has 6 nitrogen and oxygen atoms in total. The number of rotatable bonds is 12. The average Bonchev–Trinajstić information content (AvgIpc) is 2.69. The summed E-state index contributed by atoms with van der Waals surface area (Å²) in [5.41, 5.74) is 1.82. The minimum absolute atomic E-state index is 0.0582. The van der Waals surface area contributed by atoms with Crippen LogP contribution in [0.5, 0.6) is 5.75 Å². The molecule has 0 saturated heterocycles. The molecule has 0 heterocycles. The van der Waals surface area contributed by atoms with Gasteiger partial charge >= 0.3 is 0 Å². The number of para-hydroxylation sites is 1. The van der Waals surface area contributed by atoms with E-state index in [2.05, 4.69) is 5.32 Å². The second kappa shape index (κ2) is 11.6. The van der Waals surface area contributed by atoms with Crippen molar-refractivity contribution >= 4 is 21.6 Å². The molecule has 30 heavy (non-hydrogen) atoms. The molecule has 2 aromatic rings. The quantitative estimate of drug-likeness (QED) is 0.518. The SMILES string of the molecule is CC(C)Oc1ccc(CCCNC(=O)CCCN(c2ccccc2)S(C)(=O)=O)cc1. The molecular formula is C23H32N2O4S. The van der Waals surface area contributed by atoms with Crippen LogP contribution < -0.4 is 14.4 Å². The number of carbonyl (C=O) groups excluding carboxylic acids is 1. The van der Waals surface area contributed by atoms with Crippen LogP contribution in [0.25, 0.3) is 0 Å². The first-order valence-corrected chi connectivity index (χ1v) is 12.2. The van der Waals surface area contributed by atoms with E-state index in [0.29, 0.717) is 25.1 Å². The summed E-state index contributed by atoms with van der Waals surface area (Å²) in [5, 5.41) is 2.91. The van der Waals surface area contributed by atoms with Crippen LogP contribution in [0.1, 0.15) is 38.7 Å². The molecule has 2 rings (SSSR count). The van der Waals surface area contributed by atoms with E-state index in [1.54, 1.807) is 24.3 Å². The number of carbonyl (C=O) groups is 1. The maximum absolute atomic E-state index is 12.1. The molecule has 7 heteroatoms. The van der Waals surface area contributed by atoms with E-state index < -0.39 is 10.0 Å². The molecule has 0 aliphatic carbocycles. The molecule has 0 bridgehead atoms. The van der Waals surface area contributed by atoms with Crippen molar-refractivity contribution in [2.24, 2.45) is 0 Å². The number of hydrogen-bond acceptors (Lipinski definition) is 4. The second-order valence-corrected chi connectivity index (χ2v) is 9.45. The van der Waals surface area contributed by atoms with E-state index in [9.17, 15) is 13.2 Å². The van der Waals surface area contributed by atoms with Crippen LogP contribution in [0.4, 0.5) is 5.69 Å². The van der Waals surface area contributed by atoms with Gasteiger partial charge in [-0.25, -0.2) is 8.42 Å². The Morgan fingerprint density at radius 3 is 2.30 bits per heavy atom.